The number of nitrogens with zero attached hydrogens (tertiary/aromatic N) is 2. The first-order chi connectivity index (χ1) is 8.78. The zero-order valence-electron chi connectivity index (χ0n) is 10.3. The largest absolute Gasteiger partial charge is 0.494 e. The van der Waals surface area contributed by atoms with Gasteiger partial charge in [0.1, 0.15) is 17.1 Å². The molecule has 1 fully saturated rings. The van der Waals surface area contributed by atoms with Crippen molar-refractivity contribution in [3.8, 4) is 5.75 Å². The van der Waals surface area contributed by atoms with E-state index in [1.54, 1.807) is 7.11 Å². The molecule has 0 bridgehead atoms. The van der Waals surface area contributed by atoms with Crippen LogP contribution in [0.5, 0.6) is 5.75 Å². The summed E-state index contributed by atoms with van der Waals surface area (Å²) in [5.74, 6) is 1.69. The highest BCUT2D eigenvalue weighted by atomic mass is 16.5. The topological polar surface area (TPSA) is 45.6 Å². The number of aliphatic hydroxyl groups excluding tert-OH is 1. The molecule has 0 spiro atoms. The van der Waals surface area contributed by atoms with Gasteiger partial charge in [0.25, 0.3) is 0 Å². The van der Waals surface area contributed by atoms with Crippen molar-refractivity contribution in [2.24, 2.45) is 0 Å². The van der Waals surface area contributed by atoms with Gasteiger partial charge in [0, 0.05) is 18.5 Å². The van der Waals surface area contributed by atoms with Crippen LogP contribution in [0, 0.1) is 0 Å². The lowest BCUT2D eigenvalue weighted by Gasteiger charge is -2.17. The molecule has 0 saturated carbocycles. The molecule has 2 heterocycles. The van der Waals surface area contributed by atoms with Crippen molar-refractivity contribution in [1.82, 2.24) is 4.98 Å². The Hall–Kier alpha value is -1.81. The predicted molar refractivity (Wildman–Crippen MR) is 71.1 cm³/mol. The maximum Gasteiger partial charge on any atom is 0.145 e. The highest BCUT2D eigenvalue weighted by Crippen LogP contribution is 2.27. The molecule has 3 rings (SSSR count). The highest BCUT2D eigenvalue weighted by Gasteiger charge is 2.21. The molecule has 4 nitrogen and oxygen atoms in total. The maximum absolute atomic E-state index is 9.58. The zero-order valence-corrected chi connectivity index (χ0v) is 10.3. The Balaban J connectivity index is 2.04. The van der Waals surface area contributed by atoms with Gasteiger partial charge in [-0.3, -0.25) is 0 Å². The number of aromatic nitrogens is 1. The van der Waals surface area contributed by atoms with Crippen molar-refractivity contribution in [2.75, 3.05) is 25.1 Å². The second-order valence-electron chi connectivity index (χ2n) is 4.59. The van der Waals surface area contributed by atoms with Crippen LogP contribution in [0.1, 0.15) is 6.42 Å². The third-order valence-electron chi connectivity index (χ3n) is 3.38. The van der Waals surface area contributed by atoms with Gasteiger partial charge < -0.3 is 14.7 Å². The summed E-state index contributed by atoms with van der Waals surface area (Å²) in [7, 11) is 1.66. The quantitative estimate of drug-likeness (QED) is 0.875. The van der Waals surface area contributed by atoms with Crippen molar-refractivity contribution in [3.05, 3.63) is 30.3 Å². The predicted octanol–water partition coefficient (Wildman–Crippen LogP) is 1.81. The third-order valence-corrected chi connectivity index (χ3v) is 3.38. The van der Waals surface area contributed by atoms with Crippen molar-refractivity contribution < 1.29 is 9.84 Å². The first-order valence-corrected chi connectivity index (χ1v) is 6.15. The van der Waals surface area contributed by atoms with E-state index >= 15 is 0 Å². The van der Waals surface area contributed by atoms with E-state index in [1.807, 2.05) is 30.3 Å². The number of hydrogen-bond donors (Lipinski definition) is 1. The van der Waals surface area contributed by atoms with Crippen LogP contribution < -0.4 is 9.64 Å². The van der Waals surface area contributed by atoms with E-state index < -0.39 is 0 Å². The van der Waals surface area contributed by atoms with Gasteiger partial charge in [-0.05, 0) is 24.6 Å². The molecule has 1 saturated heterocycles. The molecular formula is C14H16N2O2. The number of aliphatic hydroxyl groups is 1. The summed E-state index contributed by atoms with van der Waals surface area (Å²) in [4.78, 5) is 6.76. The highest BCUT2D eigenvalue weighted by molar-refractivity contribution is 5.86. The third kappa shape index (κ3) is 1.88. The molecule has 2 aromatic rings. The summed E-state index contributed by atoms with van der Waals surface area (Å²) in [6, 6.07) is 9.94. The number of pyridine rings is 1. The van der Waals surface area contributed by atoms with Crippen LogP contribution in [0.3, 0.4) is 0 Å². The van der Waals surface area contributed by atoms with Gasteiger partial charge in [-0.25, -0.2) is 4.98 Å². The zero-order chi connectivity index (χ0) is 12.5. The second-order valence-corrected chi connectivity index (χ2v) is 4.59. The van der Waals surface area contributed by atoms with E-state index in [9.17, 15) is 5.11 Å². The Morgan fingerprint density at radius 2 is 2.22 bits per heavy atom. The molecular weight excluding hydrogens is 228 g/mol. The number of fused-ring (bicyclic) bond motifs is 1. The van der Waals surface area contributed by atoms with Crippen LogP contribution in [-0.4, -0.2) is 36.4 Å². The average Bonchev–Trinajstić information content (AvgIpc) is 2.84. The summed E-state index contributed by atoms with van der Waals surface area (Å²) < 4.78 is 5.34. The number of para-hydroxylation sites is 1. The molecule has 1 aliphatic heterocycles. The lowest BCUT2D eigenvalue weighted by molar-refractivity contribution is 0.198. The van der Waals surface area contributed by atoms with E-state index in [2.05, 4.69) is 9.88 Å². The molecule has 0 unspecified atom stereocenters. The van der Waals surface area contributed by atoms with Crippen molar-refractivity contribution in [3.63, 3.8) is 0 Å². The van der Waals surface area contributed by atoms with E-state index in [4.69, 9.17) is 4.74 Å². The fourth-order valence-electron chi connectivity index (χ4n) is 2.40. The van der Waals surface area contributed by atoms with Crippen LogP contribution in [-0.2, 0) is 0 Å². The van der Waals surface area contributed by atoms with Gasteiger partial charge in [0.05, 0.1) is 13.2 Å². The average molecular weight is 244 g/mol. The van der Waals surface area contributed by atoms with Gasteiger partial charge in [-0.2, -0.15) is 0 Å². The summed E-state index contributed by atoms with van der Waals surface area (Å²) in [5.41, 5.74) is 0.874. The minimum atomic E-state index is -0.236. The van der Waals surface area contributed by atoms with Crippen molar-refractivity contribution in [2.45, 2.75) is 12.5 Å². The fraction of sp³-hybridized carbons (Fsp3) is 0.357. The Morgan fingerprint density at radius 3 is 2.94 bits per heavy atom. The first kappa shape index (κ1) is 11.3. The lowest BCUT2D eigenvalue weighted by atomic mass is 10.2. The normalized spacial score (nSPS) is 19.4. The minimum absolute atomic E-state index is 0.236. The molecule has 1 aromatic carbocycles. The smallest absolute Gasteiger partial charge is 0.145 e. The number of ether oxygens (including phenoxy) is 1. The number of β-amino-alcohol motifs (C(OH)–C–C–N with tert-alkyl or cyclic N) is 1. The Morgan fingerprint density at radius 1 is 1.33 bits per heavy atom. The van der Waals surface area contributed by atoms with Gasteiger partial charge >= 0.3 is 0 Å². The number of hydrogen-bond acceptors (Lipinski definition) is 4. The number of benzene rings is 1. The molecule has 1 aliphatic rings. The number of anilines is 1. The molecule has 4 heteroatoms. The van der Waals surface area contributed by atoms with Gasteiger partial charge in [-0.1, -0.05) is 12.1 Å². The van der Waals surface area contributed by atoms with Gasteiger partial charge in [0.2, 0.25) is 0 Å². The molecule has 1 N–H and O–H groups in total. The van der Waals surface area contributed by atoms with Crippen LogP contribution in [0.4, 0.5) is 5.82 Å². The summed E-state index contributed by atoms with van der Waals surface area (Å²) in [6.07, 6.45) is 0.575. The molecule has 0 aliphatic carbocycles. The minimum Gasteiger partial charge on any atom is -0.494 e. The second kappa shape index (κ2) is 4.46. The van der Waals surface area contributed by atoms with Crippen LogP contribution in [0.15, 0.2) is 30.3 Å². The van der Waals surface area contributed by atoms with E-state index in [1.165, 1.54) is 0 Å². The maximum atomic E-state index is 9.58. The number of methoxy groups -OCH3 is 1. The van der Waals surface area contributed by atoms with Crippen molar-refractivity contribution in [1.29, 1.82) is 0 Å². The Bertz CT molecular complexity index is 571. The van der Waals surface area contributed by atoms with Gasteiger partial charge in [-0.15, -0.1) is 0 Å². The van der Waals surface area contributed by atoms with Crippen LogP contribution in [0.25, 0.3) is 10.9 Å². The number of rotatable bonds is 2. The van der Waals surface area contributed by atoms with E-state index in [0.29, 0.717) is 6.54 Å². The first-order valence-electron chi connectivity index (χ1n) is 6.15. The lowest BCUT2D eigenvalue weighted by Crippen LogP contribution is -2.22. The summed E-state index contributed by atoms with van der Waals surface area (Å²) in [5, 5.41) is 10.6. The molecule has 1 aromatic heterocycles. The SMILES string of the molecule is COc1cccc2ccc(N3CC[C@H](O)C3)nc12. The standard InChI is InChI=1S/C14H16N2O2/c1-18-12-4-2-3-10-5-6-13(15-14(10)12)16-8-7-11(17)9-16/h2-6,11,17H,7-9H2,1H3/t11-/m0/s1. The van der Waals surface area contributed by atoms with Crippen LogP contribution >= 0.6 is 0 Å². The molecule has 0 amide bonds. The van der Waals surface area contributed by atoms with Crippen LogP contribution in [0.2, 0.25) is 0 Å². The van der Waals surface area contributed by atoms with Gasteiger partial charge in [0.15, 0.2) is 0 Å². The Kier molecular flexibility index (Phi) is 2.80. The molecule has 0 radical (unpaired) electrons. The molecule has 1 atom stereocenters. The molecule has 18 heavy (non-hydrogen) atoms. The fourth-order valence-corrected chi connectivity index (χ4v) is 2.40. The van der Waals surface area contributed by atoms with E-state index in [0.717, 1.165) is 35.4 Å². The summed E-state index contributed by atoms with van der Waals surface area (Å²) in [6.45, 7) is 1.52. The van der Waals surface area contributed by atoms with Crippen molar-refractivity contribution >= 4 is 16.7 Å². The monoisotopic (exact) mass is 244 g/mol. The molecule has 94 valence electrons. The van der Waals surface area contributed by atoms with E-state index in [-0.39, 0.29) is 6.10 Å². The summed E-state index contributed by atoms with van der Waals surface area (Å²) >= 11 is 0. The Labute approximate surface area is 106 Å².